The largest absolute Gasteiger partial charge is 0.382 e. The molecule has 0 atom stereocenters. The van der Waals surface area contributed by atoms with Crippen LogP contribution in [0.15, 0.2) is 19.2 Å². The molecule has 16 heteroatoms. The standard InChI is InChI=1S/C15H26N2OS.C14H24N2OS.2C13H22N2OS/c1-7-17(8-2)12-11(13(18)14(12)19)16(6)10-9-15(3,4)5;1-7-15(5)11-10(12(17)13(11)18)16(6)9-8-14(2,3)4;1-13(2,3)7-8-15(6)9-10(14(4)5)12(17)11(9)16;1-6-14-9-10(11(16)12(9)17)15(5)8-7-13(2,3)4/h7-10H2,1-6H3;7-9H2,1-6H3;7-8H2,1-6H3;14H,6-8H2,1-5H3. The van der Waals surface area contributed by atoms with Gasteiger partial charge in [0.05, 0.1) is 22.7 Å². The summed E-state index contributed by atoms with van der Waals surface area (Å²) in [6, 6.07) is 0. The van der Waals surface area contributed by atoms with Gasteiger partial charge in [-0.15, -0.1) is 0 Å². The minimum absolute atomic E-state index is 0.00681. The van der Waals surface area contributed by atoms with E-state index in [1.165, 1.54) is 0 Å². The fourth-order valence-electron chi connectivity index (χ4n) is 7.47. The topological polar surface area (TPSA) is 103 Å². The molecule has 0 fully saturated rings. The fraction of sp³-hybridized carbons (Fsp3) is 0.709. The van der Waals surface area contributed by atoms with E-state index in [2.05, 4.69) is 119 Å². The average Bonchev–Trinajstić information content (AvgIpc) is 3.27. The molecular formula is C55H94N8O4S4. The monoisotopic (exact) mass is 1060 g/mol. The SMILES string of the molecule is CCN(C)c1c(N(C)CCC(C)(C)C)c(=O)c1=S.CCN(CC)c1c(N(C)CCC(C)(C)C)c(=O)c1=S.CCNc1c(N(C)CCC(C)(C)C)c(=O)c1=S.CN(C)c1c(N(C)CCC(C)(C)C)c(=O)c1=S. The van der Waals surface area contributed by atoms with Crippen LogP contribution < -0.4 is 61.3 Å². The summed E-state index contributed by atoms with van der Waals surface area (Å²) >= 11 is 20.5. The Morgan fingerprint density at radius 1 is 0.366 bits per heavy atom. The molecule has 0 aromatic heterocycles. The Hall–Kier alpha value is -3.60. The second kappa shape index (κ2) is 27.1. The van der Waals surface area contributed by atoms with Gasteiger partial charge in [-0.2, -0.15) is 0 Å². The van der Waals surface area contributed by atoms with Crippen LogP contribution in [0.4, 0.5) is 45.5 Å². The van der Waals surface area contributed by atoms with Crippen LogP contribution >= 0.6 is 48.9 Å². The van der Waals surface area contributed by atoms with Gasteiger partial charge in [0.2, 0.25) is 21.7 Å². The van der Waals surface area contributed by atoms with Crippen LogP contribution in [0.1, 0.15) is 136 Å². The molecule has 0 bridgehead atoms. The number of anilines is 8. The molecule has 4 aromatic carbocycles. The number of nitrogens with one attached hydrogen (secondary N) is 1. The highest BCUT2D eigenvalue weighted by molar-refractivity contribution is 7.72. The maximum absolute atomic E-state index is 12.0. The second-order valence-electron chi connectivity index (χ2n) is 24.0. The van der Waals surface area contributed by atoms with Crippen molar-refractivity contribution in [3.8, 4) is 0 Å². The Morgan fingerprint density at radius 2 is 0.648 bits per heavy atom. The second-order valence-corrected chi connectivity index (χ2v) is 25.6. The molecule has 12 nitrogen and oxygen atoms in total. The third-order valence-corrected chi connectivity index (χ3v) is 14.0. The third kappa shape index (κ3) is 18.7. The van der Waals surface area contributed by atoms with E-state index in [0.29, 0.717) is 18.0 Å². The first kappa shape index (κ1) is 65.4. The van der Waals surface area contributed by atoms with E-state index in [-0.39, 0.29) is 43.4 Å². The van der Waals surface area contributed by atoms with Crippen LogP contribution in [0, 0.1) is 39.7 Å². The van der Waals surface area contributed by atoms with Gasteiger partial charge in [-0.1, -0.05) is 132 Å². The summed E-state index contributed by atoms with van der Waals surface area (Å²) in [4.78, 5) is 61.7. The molecule has 0 saturated carbocycles. The predicted octanol–water partition coefficient (Wildman–Crippen LogP) is 11.9. The molecule has 71 heavy (non-hydrogen) atoms. The van der Waals surface area contributed by atoms with Gasteiger partial charge in [0.1, 0.15) is 40.8 Å². The summed E-state index contributed by atoms with van der Waals surface area (Å²) in [6.07, 6.45) is 4.20. The van der Waals surface area contributed by atoms with Crippen molar-refractivity contribution in [2.75, 3.05) is 141 Å². The van der Waals surface area contributed by atoms with Gasteiger partial charge in [-0.05, 0) is 75.0 Å². The first-order chi connectivity index (χ1) is 32.3. The van der Waals surface area contributed by atoms with Crippen molar-refractivity contribution in [3.63, 3.8) is 0 Å². The van der Waals surface area contributed by atoms with Crippen molar-refractivity contribution >= 4 is 94.4 Å². The lowest BCUT2D eigenvalue weighted by molar-refractivity contribution is 0.381. The van der Waals surface area contributed by atoms with Crippen LogP contribution in [0.25, 0.3) is 0 Å². The predicted molar refractivity (Wildman–Crippen MR) is 324 cm³/mol. The summed E-state index contributed by atoms with van der Waals surface area (Å²) in [6.45, 7) is 41.7. The van der Waals surface area contributed by atoms with Crippen molar-refractivity contribution in [1.29, 1.82) is 0 Å². The number of hydrogen-bond acceptors (Lipinski definition) is 16. The Labute approximate surface area is 450 Å². The lowest BCUT2D eigenvalue weighted by Gasteiger charge is -2.32. The van der Waals surface area contributed by atoms with Crippen molar-refractivity contribution < 1.29 is 0 Å². The van der Waals surface area contributed by atoms with E-state index in [9.17, 15) is 19.2 Å². The maximum atomic E-state index is 12.0. The molecule has 0 aliphatic carbocycles. The normalized spacial score (nSPS) is 11.9. The summed E-state index contributed by atoms with van der Waals surface area (Å²) in [7, 11) is 13.7. The van der Waals surface area contributed by atoms with Crippen molar-refractivity contribution in [3.05, 3.63) is 58.9 Å². The van der Waals surface area contributed by atoms with E-state index in [1.54, 1.807) is 0 Å². The van der Waals surface area contributed by atoms with Crippen molar-refractivity contribution in [1.82, 2.24) is 0 Å². The molecule has 0 aliphatic heterocycles. The van der Waals surface area contributed by atoms with E-state index in [0.717, 1.165) is 124 Å². The zero-order valence-electron chi connectivity index (χ0n) is 48.4. The average molecular weight is 1060 g/mol. The smallest absolute Gasteiger partial charge is 0.224 e. The van der Waals surface area contributed by atoms with Crippen LogP contribution in [0.5, 0.6) is 0 Å². The molecule has 0 saturated heterocycles. The quantitative estimate of drug-likeness (QED) is 0.0849. The van der Waals surface area contributed by atoms with E-state index < -0.39 is 0 Å². The van der Waals surface area contributed by atoms with Crippen molar-refractivity contribution in [2.45, 2.75) is 136 Å². The third-order valence-electron chi connectivity index (χ3n) is 12.5. The van der Waals surface area contributed by atoms with E-state index in [4.69, 9.17) is 48.9 Å². The number of hydrogen-bond donors (Lipinski definition) is 1. The minimum atomic E-state index is 0.00681. The maximum Gasteiger partial charge on any atom is 0.224 e. The molecule has 402 valence electrons. The molecule has 0 unspecified atom stereocenters. The zero-order chi connectivity index (χ0) is 55.5. The highest BCUT2D eigenvalue weighted by Crippen LogP contribution is 2.34. The lowest BCUT2D eigenvalue weighted by Crippen LogP contribution is -2.36. The van der Waals surface area contributed by atoms with Gasteiger partial charge in [-0.25, -0.2) is 0 Å². The number of rotatable bonds is 20. The van der Waals surface area contributed by atoms with Crippen molar-refractivity contribution in [2.24, 2.45) is 21.7 Å². The van der Waals surface area contributed by atoms with Crippen LogP contribution in [-0.4, -0.2) is 102 Å². The Kier molecular flexibility index (Phi) is 25.0. The number of nitrogens with zero attached hydrogens (tertiary/aromatic N) is 7. The molecule has 0 amide bonds. The molecule has 0 aliphatic rings. The minimum Gasteiger partial charge on any atom is -0.382 e. The molecular weight excluding hydrogens is 965 g/mol. The molecule has 0 radical (unpaired) electrons. The summed E-state index contributed by atoms with van der Waals surface area (Å²) in [5, 5.41) is 3.17. The van der Waals surface area contributed by atoms with E-state index in [1.807, 2.05) is 80.8 Å². The first-order valence-electron chi connectivity index (χ1n) is 25.4. The van der Waals surface area contributed by atoms with Gasteiger partial charge in [0, 0.05) is 102 Å². The van der Waals surface area contributed by atoms with Crippen LogP contribution in [-0.2, 0) is 0 Å². The summed E-state index contributed by atoms with van der Waals surface area (Å²) in [5.41, 5.74) is 7.96. The molecule has 4 rings (SSSR count). The summed E-state index contributed by atoms with van der Waals surface area (Å²) < 4.78 is 1.90. The Morgan fingerprint density at radius 3 is 0.944 bits per heavy atom. The zero-order valence-corrected chi connectivity index (χ0v) is 51.6. The molecule has 4 aromatic rings. The fourth-order valence-corrected chi connectivity index (χ4v) is 8.78. The lowest BCUT2D eigenvalue weighted by atomic mass is 9.92. The molecule has 1 N–H and O–H groups in total. The van der Waals surface area contributed by atoms with Gasteiger partial charge >= 0.3 is 0 Å². The van der Waals surface area contributed by atoms with Gasteiger partial charge < -0.3 is 39.6 Å². The molecule has 0 spiro atoms. The van der Waals surface area contributed by atoms with Gasteiger partial charge in [-0.3, -0.25) is 19.2 Å². The molecule has 0 heterocycles. The first-order valence-corrected chi connectivity index (χ1v) is 27.0. The highest BCUT2D eigenvalue weighted by Gasteiger charge is 2.28. The summed E-state index contributed by atoms with van der Waals surface area (Å²) in [5.74, 6) is 0. The van der Waals surface area contributed by atoms with Crippen LogP contribution in [0.2, 0.25) is 0 Å². The van der Waals surface area contributed by atoms with E-state index >= 15 is 0 Å². The Bertz CT molecular complexity index is 2610. The van der Waals surface area contributed by atoms with Crippen LogP contribution in [0.3, 0.4) is 0 Å². The van der Waals surface area contributed by atoms with Gasteiger partial charge in [0.25, 0.3) is 0 Å². The highest BCUT2D eigenvalue weighted by atomic mass is 32.1. The Balaban J connectivity index is 0.000000474. The van der Waals surface area contributed by atoms with Gasteiger partial charge in [0.15, 0.2) is 0 Å².